The Morgan fingerprint density at radius 1 is 1.35 bits per heavy atom. The largest absolute Gasteiger partial charge is 0.478 e. The second kappa shape index (κ2) is 7.00. The molecule has 1 aliphatic rings. The second-order valence-corrected chi connectivity index (χ2v) is 6.32. The normalized spacial score (nSPS) is 16.0. The van der Waals surface area contributed by atoms with E-state index in [0.29, 0.717) is 24.6 Å². The highest BCUT2D eigenvalue weighted by Gasteiger charge is 2.44. The maximum atomic E-state index is 14.0. The lowest BCUT2D eigenvalue weighted by Gasteiger charge is -2.39. The Kier molecular flexibility index (Phi) is 4.76. The van der Waals surface area contributed by atoms with Gasteiger partial charge in [0.05, 0.1) is 0 Å². The van der Waals surface area contributed by atoms with Gasteiger partial charge in [-0.25, -0.2) is 14.2 Å². The number of aromatic nitrogens is 1. The van der Waals surface area contributed by atoms with Crippen LogP contribution < -0.4 is 9.64 Å². The van der Waals surface area contributed by atoms with Crippen LogP contribution in [0.2, 0.25) is 0 Å². The molecule has 0 atom stereocenters. The van der Waals surface area contributed by atoms with Crippen LogP contribution in [0.5, 0.6) is 5.75 Å². The van der Waals surface area contributed by atoms with Gasteiger partial charge in [0.25, 0.3) is 0 Å². The summed E-state index contributed by atoms with van der Waals surface area (Å²) in [6.07, 6.45) is 0.350. The first-order valence-electron chi connectivity index (χ1n) is 8.24. The first-order chi connectivity index (χ1) is 12.4. The molecule has 1 aromatic carbocycles. The van der Waals surface area contributed by atoms with Gasteiger partial charge < -0.3 is 14.7 Å². The van der Waals surface area contributed by atoms with E-state index in [4.69, 9.17) is 10.00 Å². The van der Waals surface area contributed by atoms with Crippen molar-refractivity contribution in [1.82, 2.24) is 4.98 Å². The minimum atomic E-state index is -1.49. The van der Waals surface area contributed by atoms with Gasteiger partial charge >= 0.3 is 5.97 Å². The topological polar surface area (TPSA) is 86.5 Å². The number of carboxylic acid groups (broad SMARTS) is 1. The predicted octanol–water partition coefficient (Wildman–Crippen LogP) is 2.90. The van der Waals surface area contributed by atoms with Gasteiger partial charge in [0, 0.05) is 25.9 Å². The van der Waals surface area contributed by atoms with E-state index >= 15 is 0 Å². The van der Waals surface area contributed by atoms with Crippen LogP contribution >= 0.6 is 0 Å². The number of anilines is 1. The molecule has 1 saturated heterocycles. The van der Waals surface area contributed by atoms with Gasteiger partial charge in [0.15, 0.2) is 11.6 Å². The zero-order valence-corrected chi connectivity index (χ0v) is 14.3. The smallest absolute Gasteiger partial charge is 0.348 e. The van der Waals surface area contributed by atoms with Crippen LogP contribution in [-0.4, -0.2) is 34.8 Å². The Bertz CT molecular complexity index is 871. The van der Waals surface area contributed by atoms with Crippen LogP contribution in [0.1, 0.15) is 24.1 Å². The van der Waals surface area contributed by atoms with Crippen LogP contribution in [0, 0.1) is 24.1 Å². The van der Waals surface area contributed by atoms with Crippen molar-refractivity contribution in [3.63, 3.8) is 0 Å². The molecule has 0 saturated carbocycles. The van der Waals surface area contributed by atoms with Gasteiger partial charge in [0.1, 0.15) is 17.6 Å². The van der Waals surface area contributed by atoms with E-state index in [2.05, 4.69) is 4.98 Å². The number of halogens is 1. The highest BCUT2D eigenvalue weighted by atomic mass is 19.1. The zero-order valence-electron chi connectivity index (χ0n) is 14.3. The highest BCUT2D eigenvalue weighted by Crippen LogP contribution is 2.32. The van der Waals surface area contributed by atoms with Crippen molar-refractivity contribution >= 4 is 11.8 Å². The van der Waals surface area contributed by atoms with Gasteiger partial charge in [-0.05, 0) is 36.8 Å². The van der Waals surface area contributed by atoms with Gasteiger partial charge in [-0.15, -0.1) is 0 Å². The Morgan fingerprint density at radius 3 is 2.73 bits per heavy atom. The average Bonchev–Trinajstić information content (AvgIpc) is 2.65. The maximum Gasteiger partial charge on any atom is 0.348 e. The van der Waals surface area contributed by atoms with Gasteiger partial charge in [-0.1, -0.05) is 12.1 Å². The molecule has 3 rings (SSSR count). The molecular formula is C19H18FN3O3. The van der Waals surface area contributed by atoms with Crippen molar-refractivity contribution in [2.24, 2.45) is 0 Å². The summed E-state index contributed by atoms with van der Waals surface area (Å²) < 4.78 is 19.7. The molecule has 0 bridgehead atoms. The first-order valence-corrected chi connectivity index (χ1v) is 8.24. The van der Waals surface area contributed by atoms with E-state index < -0.39 is 17.4 Å². The molecule has 0 spiro atoms. The van der Waals surface area contributed by atoms with Gasteiger partial charge in [0.2, 0.25) is 5.60 Å². The number of nitriles is 1. The maximum absolute atomic E-state index is 14.0. The summed E-state index contributed by atoms with van der Waals surface area (Å²) in [5.41, 5.74) is -0.398. The van der Waals surface area contributed by atoms with Gasteiger partial charge in [-0.2, -0.15) is 5.26 Å². The van der Waals surface area contributed by atoms with E-state index in [-0.39, 0.29) is 18.6 Å². The van der Waals surface area contributed by atoms with Gasteiger partial charge in [-0.3, -0.25) is 0 Å². The number of pyridine rings is 1. The summed E-state index contributed by atoms with van der Waals surface area (Å²) in [6.45, 7) is 2.54. The monoisotopic (exact) mass is 355 g/mol. The van der Waals surface area contributed by atoms with Crippen molar-refractivity contribution in [3.8, 4) is 11.8 Å². The molecule has 0 aliphatic carbocycles. The number of benzene rings is 1. The van der Waals surface area contributed by atoms with E-state index in [1.165, 1.54) is 12.1 Å². The first kappa shape index (κ1) is 17.7. The standard InChI is InChI=1S/C19H18FN3O3/c1-13-5-6-15(20)16(11-13)26-19(18(24)25)7-9-23(10-8-19)17-4-2-3-14(12-21)22-17/h2-6,11H,7-10H2,1H3,(H,24,25). The number of ether oxygens (including phenoxy) is 1. The van der Waals surface area contributed by atoms with Crippen molar-refractivity contribution in [2.75, 3.05) is 18.0 Å². The fourth-order valence-corrected chi connectivity index (χ4v) is 3.02. The molecular weight excluding hydrogens is 337 g/mol. The highest BCUT2D eigenvalue weighted by molar-refractivity contribution is 5.78. The fourth-order valence-electron chi connectivity index (χ4n) is 3.02. The minimum Gasteiger partial charge on any atom is -0.478 e. The van der Waals surface area contributed by atoms with E-state index in [1.807, 2.05) is 11.0 Å². The number of rotatable bonds is 4. The van der Waals surface area contributed by atoms with E-state index in [1.54, 1.807) is 31.2 Å². The zero-order chi connectivity index (χ0) is 18.7. The summed E-state index contributed by atoms with van der Waals surface area (Å²) in [5.74, 6) is -1.13. The number of nitrogens with zero attached hydrogens (tertiary/aromatic N) is 3. The summed E-state index contributed by atoms with van der Waals surface area (Å²) >= 11 is 0. The van der Waals surface area contributed by atoms with Crippen LogP contribution in [-0.2, 0) is 4.79 Å². The lowest BCUT2D eigenvalue weighted by Crippen LogP contribution is -2.53. The molecule has 2 heterocycles. The van der Waals surface area contributed by atoms with E-state index in [0.717, 1.165) is 5.56 Å². The molecule has 1 N–H and O–H groups in total. The molecule has 7 heteroatoms. The Hall–Kier alpha value is -3.14. The third kappa shape index (κ3) is 3.45. The van der Waals surface area contributed by atoms with Crippen LogP contribution in [0.25, 0.3) is 0 Å². The Balaban J connectivity index is 1.80. The lowest BCUT2D eigenvalue weighted by molar-refractivity contribution is -0.157. The summed E-state index contributed by atoms with van der Waals surface area (Å²) in [7, 11) is 0. The quantitative estimate of drug-likeness (QED) is 0.907. The molecule has 0 unspecified atom stereocenters. The number of aryl methyl sites for hydroxylation is 1. The van der Waals surface area contributed by atoms with Crippen molar-refractivity contribution in [2.45, 2.75) is 25.4 Å². The molecule has 1 fully saturated rings. The molecule has 1 aromatic heterocycles. The van der Waals surface area contributed by atoms with Crippen LogP contribution in [0.3, 0.4) is 0 Å². The number of aliphatic carboxylic acids is 1. The second-order valence-electron chi connectivity index (χ2n) is 6.32. The number of hydrogen-bond acceptors (Lipinski definition) is 5. The Labute approximate surface area is 150 Å². The number of piperidine rings is 1. The SMILES string of the molecule is Cc1ccc(F)c(OC2(C(=O)O)CCN(c3cccc(C#N)n3)CC2)c1. The van der Waals surface area contributed by atoms with E-state index in [9.17, 15) is 14.3 Å². The predicted molar refractivity (Wildman–Crippen MR) is 92.5 cm³/mol. The van der Waals surface area contributed by atoms with Crippen molar-refractivity contribution < 1.29 is 19.0 Å². The molecule has 2 aromatic rings. The number of carboxylic acids is 1. The van der Waals surface area contributed by atoms with Crippen molar-refractivity contribution in [1.29, 1.82) is 5.26 Å². The molecule has 1 aliphatic heterocycles. The minimum absolute atomic E-state index is 0.0505. The molecule has 0 radical (unpaired) electrons. The Morgan fingerprint density at radius 2 is 2.08 bits per heavy atom. The summed E-state index contributed by atoms with van der Waals surface area (Å²) in [6, 6.07) is 11.5. The molecule has 0 amide bonds. The average molecular weight is 355 g/mol. The lowest BCUT2D eigenvalue weighted by atomic mass is 9.91. The fraction of sp³-hybridized carbons (Fsp3) is 0.316. The number of hydrogen-bond donors (Lipinski definition) is 1. The summed E-state index contributed by atoms with van der Waals surface area (Å²) in [4.78, 5) is 18.0. The number of carbonyl (C=O) groups is 1. The van der Waals surface area contributed by atoms with Crippen LogP contribution in [0.15, 0.2) is 36.4 Å². The summed E-state index contributed by atoms with van der Waals surface area (Å²) in [5, 5.41) is 18.7. The van der Waals surface area contributed by atoms with Crippen LogP contribution in [0.4, 0.5) is 10.2 Å². The van der Waals surface area contributed by atoms with Crippen molar-refractivity contribution in [3.05, 3.63) is 53.5 Å². The molecule has 6 nitrogen and oxygen atoms in total. The molecule has 26 heavy (non-hydrogen) atoms. The third-order valence-corrected chi connectivity index (χ3v) is 4.53. The molecule has 134 valence electrons. The third-order valence-electron chi connectivity index (χ3n) is 4.53.